The van der Waals surface area contributed by atoms with Crippen LogP contribution in [0.25, 0.3) is 0 Å². The zero-order chi connectivity index (χ0) is 19.0. The topological polar surface area (TPSA) is 105 Å². The van der Waals surface area contributed by atoms with Gasteiger partial charge >= 0.3 is 17.8 Å². The fraction of sp³-hybridized carbons (Fsp3) is 0.176. The molecule has 138 valence electrons. The SMILES string of the molecule is O=C(CN1C(=O)C(=O)N(Cc2cccs2)C1=O)Nc1ccc2c(c1)OCO2. The van der Waals surface area contributed by atoms with Gasteiger partial charge in [-0.2, -0.15) is 0 Å². The van der Waals surface area contributed by atoms with Gasteiger partial charge in [0.2, 0.25) is 12.7 Å². The van der Waals surface area contributed by atoms with E-state index in [1.54, 1.807) is 35.7 Å². The molecule has 1 aromatic carbocycles. The number of carbonyl (C=O) groups is 4. The third kappa shape index (κ3) is 3.22. The molecule has 2 aliphatic rings. The Morgan fingerprint density at radius 1 is 1.07 bits per heavy atom. The fourth-order valence-corrected chi connectivity index (χ4v) is 3.40. The number of ether oxygens (including phenoxy) is 2. The summed E-state index contributed by atoms with van der Waals surface area (Å²) in [4.78, 5) is 51.0. The van der Waals surface area contributed by atoms with Gasteiger partial charge in [0.25, 0.3) is 0 Å². The third-order valence-electron chi connectivity index (χ3n) is 3.99. The van der Waals surface area contributed by atoms with Gasteiger partial charge in [-0.15, -0.1) is 11.3 Å². The van der Waals surface area contributed by atoms with Crippen molar-refractivity contribution in [2.45, 2.75) is 6.54 Å². The van der Waals surface area contributed by atoms with E-state index in [-0.39, 0.29) is 13.3 Å². The van der Waals surface area contributed by atoms with E-state index in [1.165, 1.54) is 11.3 Å². The highest BCUT2D eigenvalue weighted by Gasteiger charge is 2.45. The lowest BCUT2D eigenvalue weighted by Gasteiger charge is -2.15. The molecule has 9 nitrogen and oxygen atoms in total. The van der Waals surface area contributed by atoms with Crippen molar-refractivity contribution < 1.29 is 28.7 Å². The van der Waals surface area contributed by atoms with Crippen LogP contribution in [0.2, 0.25) is 0 Å². The van der Waals surface area contributed by atoms with Crippen molar-refractivity contribution in [1.29, 1.82) is 0 Å². The van der Waals surface area contributed by atoms with Crippen LogP contribution in [-0.2, 0) is 20.9 Å². The zero-order valence-electron chi connectivity index (χ0n) is 13.8. The summed E-state index contributed by atoms with van der Waals surface area (Å²) in [6.07, 6.45) is 0. The highest BCUT2D eigenvalue weighted by Crippen LogP contribution is 2.34. The van der Waals surface area contributed by atoms with Gasteiger partial charge in [-0.05, 0) is 23.6 Å². The monoisotopic (exact) mass is 387 g/mol. The van der Waals surface area contributed by atoms with Crippen LogP contribution >= 0.6 is 11.3 Å². The van der Waals surface area contributed by atoms with Gasteiger partial charge < -0.3 is 14.8 Å². The largest absolute Gasteiger partial charge is 0.454 e. The van der Waals surface area contributed by atoms with Crippen molar-refractivity contribution in [2.75, 3.05) is 18.7 Å². The van der Waals surface area contributed by atoms with E-state index >= 15 is 0 Å². The van der Waals surface area contributed by atoms with Crippen molar-refractivity contribution in [3.63, 3.8) is 0 Å². The van der Waals surface area contributed by atoms with Crippen LogP contribution in [0.15, 0.2) is 35.7 Å². The summed E-state index contributed by atoms with van der Waals surface area (Å²) in [5.74, 6) is -1.52. The van der Waals surface area contributed by atoms with Crippen molar-refractivity contribution in [3.05, 3.63) is 40.6 Å². The van der Waals surface area contributed by atoms with Crippen LogP contribution in [0.4, 0.5) is 10.5 Å². The van der Waals surface area contributed by atoms with Crippen LogP contribution in [0.3, 0.4) is 0 Å². The number of urea groups is 1. The number of imide groups is 2. The lowest BCUT2D eigenvalue weighted by Crippen LogP contribution is -2.38. The summed E-state index contributed by atoms with van der Waals surface area (Å²) in [6, 6.07) is 7.54. The average Bonchev–Trinajstić information content (AvgIpc) is 3.36. The van der Waals surface area contributed by atoms with Gasteiger partial charge in [-0.25, -0.2) is 9.69 Å². The molecule has 1 saturated heterocycles. The first-order chi connectivity index (χ1) is 13.0. The van der Waals surface area contributed by atoms with Gasteiger partial charge in [-0.3, -0.25) is 19.3 Å². The lowest BCUT2D eigenvalue weighted by molar-refractivity contribution is -0.143. The van der Waals surface area contributed by atoms with Crippen LogP contribution in [-0.4, -0.2) is 46.9 Å². The first-order valence-corrected chi connectivity index (χ1v) is 8.80. The maximum Gasteiger partial charge on any atom is 0.335 e. The van der Waals surface area contributed by atoms with Crippen LogP contribution in [0.1, 0.15) is 4.88 Å². The maximum atomic E-state index is 12.4. The zero-order valence-corrected chi connectivity index (χ0v) is 14.7. The molecule has 0 spiro atoms. The second kappa shape index (κ2) is 6.72. The molecule has 3 heterocycles. The van der Waals surface area contributed by atoms with Crippen molar-refractivity contribution in [3.8, 4) is 11.5 Å². The summed E-state index contributed by atoms with van der Waals surface area (Å²) >= 11 is 1.36. The molecule has 0 saturated carbocycles. The molecule has 0 bridgehead atoms. The Bertz CT molecular complexity index is 942. The Morgan fingerprint density at radius 3 is 2.63 bits per heavy atom. The summed E-state index contributed by atoms with van der Waals surface area (Å²) in [5.41, 5.74) is 0.421. The Labute approximate surface area is 157 Å². The molecule has 4 rings (SSSR count). The van der Waals surface area contributed by atoms with Crippen molar-refractivity contribution in [1.82, 2.24) is 9.80 Å². The number of hydrogen-bond donors (Lipinski definition) is 1. The number of thiophene rings is 1. The Kier molecular flexibility index (Phi) is 4.24. The smallest absolute Gasteiger partial charge is 0.335 e. The molecular weight excluding hydrogens is 374 g/mol. The fourth-order valence-electron chi connectivity index (χ4n) is 2.71. The summed E-state index contributed by atoms with van der Waals surface area (Å²) in [7, 11) is 0. The summed E-state index contributed by atoms with van der Waals surface area (Å²) < 4.78 is 10.4. The molecule has 2 aromatic rings. The molecule has 1 N–H and O–H groups in total. The first-order valence-electron chi connectivity index (χ1n) is 7.92. The Hall–Kier alpha value is -3.40. The molecule has 1 aromatic heterocycles. The number of rotatable bonds is 5. The minimum atomic E-state index is -1.02. The number of anilines is 1. The molecular formula is C17H13N3O6S. The third-order valence-corrected chi connectivity index (χ3v) is 4.85. The van der Waals surface area contributed by atoms with Crippen LogP contribution < -0.4 is 14.8 Å². The molecule has 27 heavy (non-hydrogen) atoms. The highest BCUT2D eigenvalue weighted by atomic mass is 32.1. The van der Waals surface area contributed by atoms with Gasteiger partial charge in [-0.1, -0.05) is 6.07 Å². The van der Waals surface area contributed by atoms with Gasteiger partial charge in [0, 0.05) is 16.6 Å². The minimum absolute atomic E-state index is 0.00134. The molecule has 10 heteroatoms. The van der Waals surface area contributed by atoms with E-state index < -0.39 is 30.3 Å². The molecule has 0 radical (unpaired) electrons. The summed E-state index contributed by atoms with van der Waals surface area (Å²) in [5, 5.41) is 4.37. The second-order valence-corrected chi connectivity index (χ2v) is 6.79. The predicted octanol–water partition coefficient (Wildman–Crippen LogP) is 1.41. The lowest BCUT2D eigenvalue weighted by atomic mass is 10.2. The van der Waals surface area contributed by atoms with Crippen LogP contribution in [0.5, 0.6) is 11.5 Å². The number of carbonyl (C=O) groups excluding carboxylic acids is 4. The van der Waals surface area contributed by atoms with Gasteiger partial charge in [0.1, 0.15) is 6.54 Å². The molecule has 2 aliphatic heterocycles. The predicted molar refractivity (Wildman–Crippen MR) is 93.2 cm³/mol. The second-order valence-electron chi connectivity index (χ2n) is 5.76. The van der Waals surface area contributed by atoms with E-state index in [9.17, 15) is 19.2 Å². The highest BCUT2D eigenvalue weighted by molar-refractivity contribution is 7.09. The summed E-state index contributed by atoms with van der Waals surface area (Å²) in [6.45, 7) is -0.453. The van der Waals surface area contributed by atoms with E-state index in [1.807, 2.05) is 0 Å². The molecule has 0 unspecified atom stereocenters. The van der Waals surface area contributed by atoms with E-state index in [0.29, 0.717) is 22.1 Å². The minimum Gasteiger partial charge on any atom is -0.454 e. The van der Waals surface area contributed by atoms with Gasteiger partial charge in [0.05, 0.1) is 6.54 Å². The van der Waals surface area contributed by atoms with Crippen molar-refractivity contribution >= 4 is 40.8 Å². The number of nitrogens with zero attached hydrogens (tertiary/aromatic N) is 2. The number of hydrogen-bond acceptors (Lipinski definition) is 7. The number of amides is 5. The molecule has 1 fully saturated rings. The number of nitrogens with one attached hydrogen (secondary N) is 1. The quantitative estimate of drug-likeness (QED) is 0.614. The maximum absolute atomic E-state index is 12.4. The van der Waals surface area contributed by atoms with Crippen LogP contribution in [0, 0.1) is 0 Å². The number of benzene rings is 1. The van der Waals surface area contributed by atoms with E-state index in [2.05, 4.69) is 5.32 Å². The first kappa shape index (κ1) is 17.0. The number of fused-ring (bicyclic) bond motifs is 1. The van der Waals surface area contributed by atoms with Gasteiger partial charge in [0.15, 0.2) is 11.5 Å². The molecule has 5 amide bonds. The Balaban J connectivity index is 1.42. The Morgan fingerprint density at radius 2 is 1.85 bits per heavy atom. The molecule has 0 aliphatic carbocycles. The van der Waals surface area contributed by atoms with E-state index in [4.69, 9.17) is 9.47 Å². The molecule has 0 atom stereocenters. The standard InChI is InChI=1S/C17H13N3O6S/c21-14(18-10-3-4-12-13(6-10)26-9-25-12)8-20-16(23)15(22)19(17(20)24)7-11-2-1-5-27-11/h1-6H,7-9H2,(H,18,21). The van der Waals surface area contributed by atoms with Crippen molar-refractivity contribution in [2.24, 2.45) is 0 Å². The van der Waals surface area contributed by atoms with E-state index in [0.717, 1.165) is 9.78 Å². The normalized spacial score (nSPS) is 15.6. The average molecular weight is 387 g/mol.